The standard InChI is InChI=1S/C7H15N3/c1-3-9-6-7(5-8)10-4-2/h4-5,9H,3,6,8H2,1-2H3/b7-5-,10-4?. The average Bonchev–Trinajstić information content (AvgIpc) is 1.98. The van der Waals surface area contributed by atoms with Crippen molar-refractivity contribution < 1.29 is 0 Å². The van der Waals surface area contributed by atoms with E-state index in [1.54, 1.807) is 6.21 Å². The Kier molecular flexibility index (Phi) is 5.77. The molecule has 0 saturated heterocycles. The molecule has 0 saturated carbocycles. The van der Waals surface area contributed by atoms with Gasteiger partial charge >= 0.3 is 0 Å². The van der Waals surface area contributed by atoms with E-state index in [0.29, 0.717) is 0 Å². The average molecular weight is 141 g/mol. The molecular weight excluding hydrogens is 126 g/mol. The monoisotopic (exact) mass is 141 g/mol. The van der Waals surface area contributed by atoms with Crippen molar-refractivity contribution in [2.75, 3.05) is 13.1 Å². The van der Waals surface area contributed by atoms with Crippen LogP contribution in [0, 0.1) is 0 Å². The first-order valence-electron chi connectivity index (χ1n) is 3.45. The van der Waals surface area contributed by atoms with E-state index in [9.17, 15) is 0 Å². The number of hydrogen-bond donors (Lipinski definition) is 2. The lowest BCUT2D eigenvalue weighted by atomic mass is 10.4. The van der Waals surface area contributed by atoms with E-state index in [1.165, 1.54) is 6.20 Å². The van der Waals surface area contributed by atoms with Gasteiger partial charge in [-0.05, 0) is 13.5 Å². The normalized spacial score (nSPS) is 12.8. The smallest absolute Gasteiger partial charge is 0.0691 e. The Bertz CT molecular complexity index is 127. The van der Waals surface area contributed by atoms with Gasteiger partial charge < -0.3 is 11.1 Å². The van der Waals surface area contributed by atoms with Gasteiger partial charge in [-0.15, -0.1) is 0 Å². The molecule has 0 spiro atoms. The zero-order chi connectivity index (χ0) is 7.82. The van der Waals surface area contributed by atoms with Crippen molar-refractivity contribution in [3.63, 3.8) is 0 Å². The SMILES string of the molecule is CC=N/C(=C\N)CNCC. The van der Waals surface area contributed by atoms with Gasteiger partial charge in [0, 0.05) is 19.0 Å². The van der Waals surface area contributed by atoms with Gasteiger partial charge in [0.1, 0.15) is 0 Å². The fourth-order valence-electron chi connectivity index (χ4n) is 0.566. The van der Waals surface area contributed by atoms with E-state index in [2.05, 4.69) is 10.3 Å². The van der Waals surface area contributed by atoms with Crippen LogP contribution in [-0.4, -0.2) is 19.3 Å². The van der Waals surface area contributed by atoms with Crippen molar-refractivity contribution in [3.8, 4) is 0 Å². The predicted molar refractivity (Wildman–Crippen MR) is 45.0 cm³/mol. The maximum atomic E-state index is 5.28. The van der Waals surface area contributed by atoms with E-state index >= 15 is 0 Å². The van der Waals surface area contributed by atoms with Crippen molar-refractivity contribution in [1.82, 2.24) is 5.32 Å². The van der Waals surface area contributed by atoms with Crippen LogP contribution < -0.4 is 11.1 Å². The molecule has 0 unspecified atom stereocenters. The van der Waals surface area contributed by atoms with Crippen molar-refractivity contribution >= 4 is 6.21 Å². The Hall–Kier alpha value is -0.830. The second-order valence-corrected chi connectivity index (χ2v) is 1.83. The van der Waals surface area contributed by atoms with Gasteiger partial charge in [-0.2, -0.15) is 0 Å². The summed E-state index contributed by atoms with van der Waals surface area (Å²) >= 11 is 0. The second kappa shape index (κ2) is 6.29. The Balaban J connectivity index is 3.62. The van der Waals surface area contributed by atoms with E-state index < -0.39 is 0 Å². The number of hydrogen-bond acceptors (Lipinski definition) is 3. The van der Waals surface area contributed by atoms with Crippen molar-refractivity contribution in [2.24, 2.45) is 10.7 Å². The predicted octanol–water partition coefficient (Wildman–Crippen LogP) is 0.487. The number of aliphatic imine (C=N–C) groups is 1. The highest BCUT2D eigenvalue weighted by molar-refractivity contribution is 5.55. The Morgan fingerprint density at radius 3 is 2.80 bits per heavy atom. The van der Waals surface area contributed by atoms with Crippen LogP contribution in [0.25, 0.3) is 0 Å². The summed E-state index contributed by atoms with van der Waals surface area (Å²) in [5.74, 6) is 0. The lowest BCUT2D eigenvalue weighted by Gasteiger charge is -1.99. The first-order chi connectivity index (χ1) is 4.85. The Morgan fingerprint density at radius 1 is 1.70 bits per heavy atom. The summed E-state index contributed by atoms with van der Waals surface area (Å²) in [6, 6.07) is 0. The molecule has 3 N–H and O–H groups in total. The molecule has 58 valence electrons. The Morgan fingerprint density at radius 2 is 2.40 bits per heavy atom. The molecule has 0 radical (unpaired) electrons. The van der Waals surface area contributed by atoms with Crippen LogP contribution in [0.3, 0.4) is 0 Å². The first-order valence-corrected chi connectivity index (χ1v) is 3.45. The lowest BCUT2D eigenvalue weighted by molar-refractivity contribution is 0.770. The van der Waals surface area contributed by atoms with E-state index in [4.69, 9.17) is 5.73 Å². The second-order valence-electron chi connectivity index (χ2n) is 1.83. The van der Waals surface area contributed by atoms with E-state index in [1.807, 2.05) is 13.8 Å². The fraction of sp³-hybridized carbons (Fsp3) is 0.571. The summed E-state index contributed by atoms with van der Waals surface area (Å²) in [5.41, 5.74) is 6.16. The third kappa shape index (κ3) is 4.09. The van der Waals surface area contributed by atoms with Crippen LogP contribution in [0.15, 0.2) is 16.9 Å². The minimum absolute atomic E-state index is 0.747. The maximum Gasteiger partial charge on any atom is 0.0691 e. The fourth-order valence-corrected chi connectivity index (χ4v) is 0.566. The molecule has 10 heavy (non-hydrogen) atoms. The summed E-state index contributed by atoms with van der Waals surface area (Å²) in [6.07, 6.45) is 3.25. The topological polar surface area (TPSA) is 50.4 Å². The van der Waals surface area contributed by atoms with E-state index in [0.717, 1.165) is 18.8 Å². The Labute approximate surface area is 62.0 Å². The minimum atomic E-state index is 0.747. The molecule has 0 aliphatic carbocycles. The van der Waals surface area contributed by atoms with Crippen molar-refractivity contribution in [3.05, 3.63) is 11.9 Å². The summed E-state index contributed by atoms with van der Waals surface area (Å²) in [6.45, 7) is 5.60. The summed E-state index contributed by atoms with van der Waals surface area (Å²) < 4.78 is 0. The van der Waals surface area contributed by atoms with Crippen molar-refractivity contribution in [1.29, 1.82) is 0 Å². The van der Waals surface area contributed by atoms with Gasteiger partial charge in [-0.3, -0.25) is 4.99 Å². The molecule has 0 rings (SSSR count). The summed E-state index contributed by atoms with van der Waals surface area (Å²) in [5, 5.41) is 3.12. The van der Waals surface area contributed by atoms with Crippen molar-refractivity contribution in [2.45, 2.75) is 13.8 Å². The summed E-state index contributed by atoms with van der Waals surface area (Å²) in [7, 11) is 0. The molecule has 0 aromatic rings. The highest BCUT2D eigenvalue weighted by Gasteiger charge is 1.87. The largest absolute Gasteiger partial charge is 0.403 e. The molecule has 0 aromatic heterocycles. The van der Waals surface area contributed by atoms with Crippen LogP contribution in [0.2, 0.25) is 0 Å². The quantitative estimate of drug-likeness (QED) is 0.560. The van der Waals surface area contributed by atoms with Gasteiger partial charge in [-0.25, -0.2) is 0 Å². The summed E-state index contributed by atoms with van der Waals surface area (Å²) in [4.78, 5) is 4.03. The van der Waals surface area contributed by atoms with Crippen LogP contribution in [0.1, 0.15) is 13.8 Å². The van der Waals surface area contributed by atoms with Gasteiger partial charge in [-0.1, -0.05) is 6.92 Å². The van der Waals surface area contributed by atoms with E-state index in [-0.39, 0.29) is 0 Å². The molecule has 0 fully saturated rings. The third-order valence-electron chi connectivity index (χ3n) is 1.04. The van der Waals surface area contributed by atoms with Crippen LogP contribution >= 0.6 is 0 Å². The zero-order valence-electron chi connectivity index (χ0n) is 6.59. The first kappa shape index (κ1) is 9.17. The van der Waals surface area contributed by atoms with Crippen LogP contribution in [0.5, 0.6) is 0 Å². The highest BCUT2D eigenvalue weighted by atomic mass is 14.9. The molecule has 0 heterocycles. The zero-order valence-corrected chi connectivity index (χ0v) is 6.59. The van der Waals surface area contributed by atoms with Gasteiger partial charge in [0.2, 0.25) is 0 Å². The molecule has 0 aliphatic heterocycles. The van der Waals surface area contributed by atoms with Crippen LogP contribution in [-0.2, 0) is 0 Å². The molecule has 0 amide bonds. The van der Waals surface area contributed by atoms with Gasteiger partial charge in [0.15, 0.2) is 0 Å². The number of nitrogens with zero attached hydrogens (tertiary/aromatic N) is 1. The number of rotatable bonds is 4. The highest BCUT2D eigenvalue weighted by Crippen LogP contribution is 1.88. The molecule has 0 aromatic carbocycles. The van der Waals surface area contributed by atoms with Gasteiger partial charge in [0.25, 0.3) is 0 Å². The third-order valence-corrected chi connectivity index (χ3v) is 1.04. The molecule has 0 bridgehead atoms. The number of nitrogens with two attached hydrogens (primary N) is 1. The lowest BCUT2D eigenvalue weighted by Crippen LogP contribution is -2.16. The number of nitrogens with one attached hydrogen (secondary N) is 1. The van der Waals surface area contributed by atoms with Crippen LogP contribution in [0.4, 0.5) is 0 Å². The maximum absolute atomic E-state index is 5.28. The number of likely N-dealkylation sites (N-methyl/N-ethyl adjacent to an activating group) is 1. The molecule has 3 heteroatoms. The minimum Gasteiger partial charge on any atom is -0.403 e. The van der Waals surface area contributed by atoms with Gasteiger partial charge in [0.05, 0.1) is 5.70 Å². The molecule has 0 aliphatic rings. The molecular formula is C7H15N3. The molecule has 3 nitrogen and oxygen atoms in total. The molecule has 0 atom stereocenters.